The Morgan fingerprint density at radius 1 is 1.17 bits per heavy atom. The molecule has 0 spiro atoms. The molecule has 0 radical (unpaired) electrons. The van der Waals surface area contributed by atoms with Crippen LogP contribution in [0.25, 0.3) is 6.08 Å². The number of nitrogens with zero attached hydrogens (tertiary/aromatic N) is 2. The van der Waals surface area contributed by atoms with Crippen molar-refractivity contribution >= 4 is 16.1 Å². The summed E-state index contributed by atoms with van der Waals surface area (Å²) >= 11 is 0. The normalized spacial score (nSPS) is 19.2. The summed E-state index contributed by atoms with van der Waals surface area (Å²) in [7, 11) is -1.25. The van der Waals surface area contributed by atoms with Gasteiger partial charge < -0.3 is 9.80 Å². The summed E-state index contributed by atoms with van der Waals surface area (Å²) < 4.78 is 26.7. The number of hydrogen-bond acceptors (Lipinski definition) is 4. The Bertz CT molecular complexity index is 594. The third-order valence-electron chi connectivity index (χ3n) is 4.04. The molecule has 1 N–H and O–H groups in total. The van der Waals surface area contributed by atoms with Crippen LogP contribution in [0.5, 0.6) is 0 Å². The number of benzene rings is 1. The summed E-state index contributed by atoms with van der Waals surface area (Å²) in [5.41, 5.74) is 0.878. The number of sulfonamides is 1. The molecule has 6 heteroatoms. The number of nitrogens with one attached hydrogen (secondary N) is 1. The maximum Gasteiger partial charge on any atom is 0.233 e. The molecule has 1 aliphatic rings. The molecule has 0 bridgehead atoms. The Hall–Kier alpha value is -1.21. The quantitative estimate of drug-likeness (QED) is 0.818. The fourth-order valence-electron chi connectivity index (χ4n) is 2.57. The maximum absolute atomic E-state index is 12.0. The molecule has 0 aliphatic carbocycles. The highest BCUT2D eigenvalue weighted by Gasteiger charge is 2.17. The van der Waals surface area contributed by atoms with E-state index in [-0.39, 0.29) is 0 Å². The van der Waals surface area contributed by atoms with E-state index in [0.717, 1.165) is 38.3 Å². The number of rotatable bonds is 7. The molecule has 1 unspecified atom stereocenters. The van der Waals surface area contributed by atoms with Gasteiger partial charge >= 0.3 is 0 Å². The van der Waals surface area contributed by atoms with Gasteiger partial charge in [0.05, 0.1) is 0 Å². The molecule has 5 nitrogen and oxygen atoms in total. The zero-order chi connectivity index (χ0) is 16.7. The van der Waals surface area contributed by atoms with E-state index in [1.54, 1.807) is 6.08 Å². The lowest BCUT2D eigenvalue weighted by molar-refractivity contribution is 0.139. The van der Waals surface area contributed by atoms with Crippen molar-refractivity contribution in [3.63, 3.8) is 0 Å². The fraction of sp³-hybridized carbons (Fsp3) is 0.529. The Labute approximate surface area is 140 Å². The molecule has 1 heterocycles. The van der Waals surface area contributed by atoms with Crippen molar-refractivity contribution in [1.82, 2.24) is 14.5 Å². The molecule has 0 saturated carbocycles. The van der Waals surface area contributed by atoms with E-state index < -0.39 is 10.0 Å². The predicted octanol–water partition coefficient (Wildman–Crippen LogP) is 1.46. The van der Waals surface area contributed by atoms with E-state index in [1.807, 2.05) is 30.3 Å². The Morgan fingerprint density at radius 2 is 1.83 bits per heavy atom. The van der Waals surface area contributed by atoms with Gasteiger partial charge in [0, 0.05) is 44.7 Å². The highest BCUT2D eigenvalue weighted by molar-refractivity contribution is 7.92. The van der Waals surface area contributed by atoms with Crippen molar-refractivity contribution in [3.8, 4) is 0 Å². The minimum absolute atomic E-state index is 0.290. The lowest BCUT2D eigenvalue weighted by atomic mass is 10.1. The van der Waals surface area contributed by atoms with E-state index in [1.165, 1.54) is 5.41 Å². The molecular weight excluding hydrogens is 310 g/mol. The molecule has 23 heavy (non-hydrogen) atoms. The molecule has 1 fully saturated rings. The van der Waals surface area contributed by atoms with Gasteiger partial charge in [0.2, 0.25) is 10.0 Å². The second-order valence-electron chi connectivity index (χ2n) is 6.32. The Balaban J connectivity index is 1.76. The van der Waals surface area contributed by atoms with Gasteiger partial charge in [0.1, 0.15) is 0 Å². The highest BCUT2D eigenvalue weighted by Crippen LogP contribution is 2.06. The molecule has 128 valence electrons. The SMILES string of the molecule is CC(CNS(=O)(=O)C=Cc1ccccc1)CN1CCN(C)CC1. The van der Waals surface area contributed by atoms with Gasteiger partial charge in [-0.2, -0.15) is 0 Å². The van der Waals surface area contributed by atoms with Crippen molar-refractivity contribution in [3.05, 3.63) is 41.3 Å². The van der Waals surface area contributed by atoms with E-state index in [0.29, 0.717) is 12.5 Å². The van der Waals surface area contributed by atoms with Crippen molar-refractivity contribution < 1.29 is 8.42 Å². The second kappa shape index (κ2) is 8.59. The van der Waals surface area contributed by atoms with Crippen LogP contribution in [0.15, 0.2) is 35.7 Å². The minimum atomic E-state index is -3.38. The Kier molecular flexibility index (Phi) is 6.77. The van der Waals surface area contributed by atoms with Gasteiger partial charge in [0.25, 0.3) is 0 Å². The standard InChI is InChI=1S/C17H27N3O2S/c1-16(15-20-11-9-19(2)10-12-20)14-18-23(21,22)13-8-17-6-4-3-5-7-17/h3-8,13,16,18H,9-12,14-15H2,1-2H3. The topological polar surface area (TPSA) is 52.7 Å². The molecule has 0 amide bonds. The largest absolute Gasteiger partial charge is 0.304 e. The van der Waals surface area contributed by atoms with Crippen LogP contribution in [0, 0.1) is 5.92 Å². The minimum Gasteiger partial charge on any atom is -0.304 e. The van der Waals surface area contributed by atoms with Gasteiger partial charge in [-0.1, -0.05) is 37.3 Å². The average molecular weight is 337 g/mol. The van der Waals surface area contributed by atoms with Crippen LogP contribution in [0.1, 0.15) is 12.5 Å². The van der Waals surface area contributed by atoms with Crippen LogP contribution >= 0.6 is 0 Å². The van der Waals surface area contributed by atoms with E-state index in [2.05, 4.69) is 28.5 Å². The van der Waals surface area contributed by atoms with Crippen LogP contribution in [0.4, 0.5) is 0 Å². The lowest BCUT2D eigenvalue weighted by Crippen LogP contribution is -2.46. The highest BCUT2D eigenvalue weighted by atomic mass is 32.2. The lowest BCUT2D eigenvalue weighted by Gasteiger charge is -2.33. The number of piperazine rings is 1. The molecule has 0 aromatic heterocycles. The van der Waals surface area contributed by atoms with E-state index in [4.69, 9.17) is 0 Å². The van der Waals surface area contributed by atoms with Crippen LogP contribution in [-0.4, -0.2) is 64.5 Å². The van der Waals surface area contributed by atoms with Crippen molar-refractivity contribution in [2.24, 2.45) is 5.92 Å². The van der Waals surface area contributed by atoms with E-state index in [9.17, 15) is 8.42 Å². The van der Waals surface area contributed by atoms with Gasteiger partial charge in [-0.15, -0.1) is 0 Å². The maximum atomic E-state index is 12.0. The third-order valence-corrected chi connectivity index (χ3v) is 5.10. The summed E-state index contributed by atoms with van der Waals surface area (Å²) in [6.45, 7) is 7.76. The smallest absolute Gasteiger partial charge is 0.233 e. The zero-order valence-electron chi connectivity index (χ0n) is 14.0. The molecule has 1 aromatic carbocycles. The summed E-state index contributed by atoms with van der Waals surface area (Å²) in [4.78, 5) is 4.72. The monoisotopic (exact) mass is 337 g/mol. The number of hydrogen-bond donors (Lipinski definition) is 1. The third kappa shape index (κ3) is 6.83. The van der Waals surface area contributed by atoms with Crippen LogP contribution in [-0.2, 0) is 10.0 Å². The molecule has 1 atom stereocenters. The molecule has 1 aliphatic heterocycles. The zero-order valence-corrected chi connectivity index (χ0v) is 14.8. The van der Waals surface area contributed by atoms with Gasteiger partial charge in [-0.25, -0.2) is 13.1 Å². The van der Waals surface area contributed by atoms with Gasteiger partial charge in [0.15, 0.2) is 0 Å². The van der Waals surface area contributed by atoms with Crippen LogP contribution in [0.2, 0.25) is 0 Å². The average Bonchev–Trinajstić information content (AvgIpc) is 2.55. The predicted molar refractivity (Wildman–Crippen MR) is 95.5 cm³/mol. The van der Waals surface area contributed by atoms with Crippen LogP contribution < -0.4 is 4.72 Å². The summed E-state index contributed by atoms with van der Waals surface area (Å²) in [6.07, 6.45) is 1.62. The van der Waals surface area contributed by atoms with Crippen molar-refractivity contribution in [2.75, 3.05) is 46.3 Å². The summed E-state index contributed by atoms with van der Waals surface area (Å²) in [5.74, 6) is 0.290. The summed E-state index contributed by atoms with van der Waals surface area (Å²) in [5, 5.41) is 1.24. The summed E-state index contributed by atoms with van der Waals surface area (Å²) in [6, 6.07) is 9.43. The van der Waals surface area contributed by atoms with Crippen LogP contribution in [0.3, 0.4) is 0 Å². The van der Waals surface area contributed by atoms with Crippen molar-refractivity contribution in [2.45, 2.75) is 6.92 Å². The van der Waals surface area contributed by atoms with Gasteiger partial charge in [-0.3, -0.25) is 0 Å². The molecule has 2 rings (SSSR count). The fourth-order valence-corrected chi connectivity index (χ4v) is 3.52. The van der Waals surface area contributed by atoms with Gasteiger partial charge in [-0.05, 0) is 24.6 Å². The van der Waals surface area contributed by atoms with Crippen molar-refractivity contribution in [1.29, 1.82) is 0 Å². The first-order valence-electron chi connectivity index (χ1n) is 8.08. The first-order chi connectivity index (χ1) is 10.9. The second-order valence-corrected chi connectivity index (χ2v) is 7.97. The first-order valence-corrected chi connectivity index (χ1v) is 9.63. The Morgan fingerprint density at radius 3 is 2.48 bits per heavy atom. The van der Waals surface area contributed by atoms with E-state index >= 15 is 0 Å². The molecular formula is C17H27N3O2S. The first kappa shape index (κ1) is 18.1. The molecule has 1 aromatic rings. The molecule has 1 saturated heterocycles. The number of likely N-dealkylation sites (N-methyl/N-ethyl adjacent to an activating group) is 1.